The fourth-order valence-electron chi connectivity index (χ4n) is 4.11. The first kappa shape index (κ1) is 21.6. The largest absolute Gasteiger partial charge is 0.496 e. The van der Waals surface area contributed by atoms with E-state index in [0.717, 1.165) is 65.2 Å². The molecule has 3 rings (SSSR count). The molecular weight excluding hydrogens is 374 g/mol. The predicted octanol–water partition coefficient (Wildman–Crippen LogP) is 5.06. The Morgan fingerprint density at radius 2 is 1.97 bits per heavy atom. The zero-order chi connectivity index (χ0) is 21.7. The van der Waals surface area contributed by atoms with E-state index in [4.69, 9.17) is 10.5 Å². The van der Waals surface area contributed by atoms with Crippen LogP contribution in [-0.2, 0) is 13.0 Å². The molecule has 0 spiro atoms. The minimum absolute atomic E-state index is 0.396. The van der Waals surface area contributed by atoms with Crippen LogP contribution in [0.4, 0.5) is 0 Å². The third-order valence-electron chi connectivity index (χ3n) is 5.62. The summed E-state index contributed by atoms with van der Waals surface area (Å²) in [6.07, 6.45) is 6.02. The van der Waals surface area contributed by atoms with Gasteiger partial charge < -0.3 is 15.0 Å². The highest BCUT2D eigenvalue weighted by atomic mass is 16.5. The lowest BCUT2D eigenvalue weighted by molar-refractivity contribution is 0.1000. The molecule has 0 radical (unpaired) electrons. The van der Waals surface area contributed by atoms with Gasteiger partial charge in [0.2, 0.25) is 0 Å². The van der Waals surface area contributed by atoms with E-state index in [-0.39, 0.29) is 0 Å². The highest BCUT2D eigenvalue weighted by molar-refractivity contribution is 6.02. The predicted molar refractivity (Wildman–Crippen MR) is 121 cm³/mol. The number of benzene rings is 1. The van der Waals surface area contributed by atoms with Gasteiger partial charge in [0, 0.05) is 23.1 Å². The first-order valence-electron chi connectivity index (χ1n) is 10.5. The highest BCUT2D eigenvalue weighted by Gasteiger charge is 2.25. The van der Waals surface area contributed by atoms with Gasteiger partial charge in [0.1, 0.15) is 5.75 Å². The van der Waals surface area contributed by atoms with E-state index in [9.17, 15) is 4.79 Å². The number of aromatic nitrogens is 2. The minimum atomic E-state index is -0.396. The molecule has 0 unspecified atom stereocenters. The zero-order valence-corrected chi connectivity index (χ0v) is 18.4. The third kappa shape index (κ3) is 4.40. The number of hydrogen-bond acceptors (Lipinski definition) is 3. The number of nitrogens with two attached hydrogens (primary N) is 1. The summed E-state index contributed by atoms with van der Waals surface area (Å²) in [6, 6.07) is 12.0. The molecule has 0 atom stereocenters. The molecule has 0 bridgehead atoms. The Morgan fingerprint density at radius 1 is 1.17 bits per heavy atom. The molecule has 5 heteroatoms. The highest BCUT2D eigenvalue weighted by Crippen LogP contribution is 2.36. The molecule has 0 aliphatic rings. The molecule has 158 valence electrons. The van der Waals surface area contributed by atoms with Gasteiger partial charge in [0.25, 0.3) is 5.91 Å². The molecular formula is C25H31N3O2. The Bertz CT molecular complexity index is 1020. The van der Waals surface area contributed by atoms with Gasteiger partial charge in [-0.25, -0.2) is 0 Å². The molecule has 3 aromatic rings. The minimum Gasteiger partial charge on any atom is -0.496 e. The van der Waals surface area contributed by atoms with Gasteiger partial charge in [-0.3, -0.25) is 9.78 Å². The maximum Gasteiger partial charge on any atom is 0.251 e. The fraction of sp³-hybridized carbons (Fsp3) is 0.360. The van der Waals surface area contributed by atoms with Crippen molar-refractivity contribution in [3.05, 3.63) is 70.8 Å². The summed E-state index contributed by atoms with van der Waals surface area (Å²) in [5.74, 6) is 0.434. The van der Waals surface area contributed by atoms with Gasteiger partial charge in [0.05, 0.1) is 24.9 Å². The van der Waals surface area contributed by atoms with Crippen LogP contribution in [0.3, 0.4) is 0 Å². The maximum absolute atomic E-state index is 12.5. The second kappa shape index (κ2) is 9.61. The van der Waals surface area contributed by atoms with Gasteiger partial charge in [-0.15, -0.1) is 0 Å². The third-order valence-corrected chi connectivity index (χ3v) is 5.62. The van der Waals surface area contributed by atoms with Gasteiger partial charge in [-0.05, 0) is 62.1 Å². The molecule has 0 fully saturated rings. The van der Waals surface area contributed by atoms with Crippen LogP contribution in [0.1, 0.15) is 59.2 Å². The average molecular weight is 406 g/mol. The van der Waals surface area contributed by atoms with Crippen LogP contribution in [0.2, 0.25) is 0 Å². The molecule has 0 saturated heterocycles. The number of carbonyl (C=O) groups is 1. The van der Waals surface area contributed by atoms with Crippen LogP contribution in [0.25, 0.3) is 11.1 Å². The number of nitrogens with zero attached hydrogens (tertiary/aromatic N) is 2. The second-order valence-electron chi connectivity index (χ2n) is 7.70. The Hall–Kier alpha value is -3.08. The van der Waals surface area contributed by atoms with Crippen LogP contribution < -0.4 is 10.5 Å². The normalized spacial score (nSPS) is 10.9. The average Bonchev–Trinajstić information content (AvgIpc) is 3.01. The molecule has 0 aliphatic heterocycles. The van der Waals surface area contributed by atoms with E-state index in [1.807, 2.05) is 44.2 Å². The molecule has 2 N–H and O–H groups in total. The Kier molecular flexibility index (Phi) is 6.93. The van der Waals surface area contributed by atoms with Crippen molar-refractivity contribution >= 4 is 5.91 Å². The number of amides is 1. The van der Waals surface area contributed by atoms with Gasteiger partial charge >= 0.3 is 0 Å². The van der Waals surface area contributed by atoms with Gasteiger partial charge in [0.15, 0.2) is 0 Å². The van der Waals surface area contributed by atoms with Crippen LogP contribution >= 0.6 is 0 Å². The summed E-state index contributed by atoms with van der Waals surface area (Å²) >= 11 is 0. The molecule has 0 saturated carbocycles. The zero-order valence-electron chi connectivity index (χ0n) is 18.4. The molecule has 2 heterocycles. The number of ether oxygens (including phenoxy) is 1. The van der Waals surface area contributed by atoms with E-state index in [1.54, 1.807) is 13.3 Å². The smallest absolute Gasteiger partial charge is 0.251 e. The molecule has 5 nitrogen and oxygen atoms in total. The topological polar surface area (TPSA) is 70.1 Å². The number of aryl methyl sites for hydroxylation is 1. The van der Waals surface area contributed by atoms with Crippen molar-refractivity contribution in [1.82, 2.24) is 9.55 Å². The molecule has 2 aromatic heterocycles. The van der Waals surface area contributed by atoms with Crippen LogP contribution in [-0.4, -0.2) is 22.6 Å². The van der Waals surface area contributed by atoms with Crippen molar-refractivity contribution in [3.63, 3.8) is 0 Å². The molecule has 1 amide bonds. The van der Waals surface area contributed by atoms with Crippen molar-refractivity contribution in [2.24, 2.45) is 5.73 Å². The first-order chi connectivity index (χ1) is 14.5. The molecule has 30 heavy (non-hydrogen) atoms. The standard InChI is InChI=1S/C25H31N3O2/c1-5-6-7-11-21-24(19-12-13-22(30-4)17(2)15-19)23(25(26)29)18(3)28(21)16-20-10-8-9-14-27-20/h8-10,12-15H,5-7,11,16H2,1-4H3,(H2,26,29). The Balaban J connectivity index is 2.21. The van der Waals surface area contributed by atoms with Gasteiger partial charge in [-0.2, -0.15) is 0 Å². The number of primary amides is 1. The summed E-state index contributed by atoms with van der Waals surface area (Å²) in [7, 11) is 1.67. The summed E-state index contributed by atoms with van der Waals surface area (Å²) in [4.78, 5) is 17.0. The molecule has 1 aromatic carbocycles. The second-order valence-corrected chi connectivity index (χ2v) is 7.70. The van der Waals surface area contributed by atoms with Crippen LogP contribution in [0.5, 0.6) is 5.75 Å². The number of hydrogen-bond donors (Lipinski definition) is 1. The van der Waals surface area contributed by atoms with Crippen molar-refractivity contribution < 1.29 is 9.53 Å². The summed E-state index contributed by atoms with van der Waals surface area (Å²) < 4.78 is 7.64. The number of methoxy groups -OCH3 is 1. The quantitative estimate of drug-likeness (QED) is 0.506. The molecule has 0 aliphatic carbocycles. The van der Waals surface area contributed by atoms with Crippen LogP contribution in [0, 0.1) is 13.8 Å². The van der Waals surface area contributed by atoms with E-state index >= 15 is 0 Å². The van der Waals surface area contributed by atoms with Crippen molar-refractivity contribution in [2.75, 3.05) is 7.11 Å². The summed E-state index contributed by atoms with van der Waals surface area (Å²) in [6.45, 7) is 6.80. The fourth-order valence-corrected chi connectivity index (χ4v) is 4.11. The van der Waals surface area contributed by atoms with Crippen molar-refractivity contribution in [2.45, 2.75) is 53.0 Å². The number of unbranched alkanes of at least 4 members (excludes halogenated alkanes) is 2. The Labute approximate surface area is 178 Å². The SMILES string of the molecule is CCCCCc1c(-c2ccc(OC)c(C)c2)c(C(N)=O)c(C)n1Cc1ccccn1. The first-order valence-corrected chi connectivity index (χ1v) is 10.5. The van der Waals surface area contributed by atoms with Crippen LogP contribution in [0.15, 0.2) is 42.6 Å². The lowest BCUT2D eigenvalue weighted by Gasteiger charge is -2.14. The van der Waals surface area contributed by atoms with E-state index in [2.05, 4.69) is 22.5 Å². The summed E-state index contributed by atoms with van der Waals surface area (Å²) in [5, 5.41) is 0. The summed E-state index contributed by atoms with van der Waals surface area (Å²) in [5.41, 5.74) is 12.4. The number of pyridine rings is 1. The number of rotatable bonds is 9. The van der Waals surface area contributed by atoms with Crippen molar-refractivity contribution in [3.8, 4) is 16.9 Å². The monoisotopic (exact) mass is 405 g/mol. The number of carbonyl (C=O) groups excluding carboxylic acids is 1. The lowest BCUT2D eigenvalue weighted by Crippen LogP contribution is -2.14. The van der Waals surface area contributed by atoms with E-state index in [0.29, 0.717) is 12.1 Å². The van der Waals surface area contributed by atoms with Crippen molar-refractivity contribution in [1.29, 1.82) is 0 Å². The van der Waals surface area contributed by atoms with Gasteiger partial charge in [-0.1, -0.05) is 31.9 Å². The Morgan fingerprint density at radius 3 is 2.57 bits per heavy atom. The van der Waals surface area contributed by atoms with E-state index < -0.39 is 5.91 Å². The lowest BCUT2D eigenvalue weighted by atomic mass is 9.96. The van der Waals surface area contributed by atoms with E-state index in [1.165, 1.54) is 0 Å². The maximum atomic E-state index is 12.5.